The van der Waals surface area contributed by atoms with Gasteiger partial charge in [0.2, 0.25) is 17.8 Å². The van der Waals surface area contributed by atoms with Crippen LogP contribution in [0.25, 0.3) is 0 Å². The summed E-state index contributed by atoms with van der Waals surface area (Å²) < 4.78 is 16.4. The molecule has 35 heavy (non-hydrogen) atoms. The summed E-state index contributed by atoms with van der Waals surface area (Å²) in [5.74, 6) is 0.978. The van der Waals surface area contributed by atoms with Crippen LogP contribution >= 0.6 is 0 Å². The van der Waals surface area contributed by atoms with Crippen molar-refractivity contribution < 1.29 is 23.8 Å². The average Bonchev–Trinajstić information content (AvgIpc) is 3.17. The van der Waals surface area contributed by atoms with Crippen LogP contribution in [-0.2, 0) is 20.7 Å². The van der Waals surface area contributed by atoms with Crippen LogP contribution in [0.4, 0.5) is 23.0 Å². The van der Waals surface area contributed by atoms with Crippen molar-refractivity contribution >= 4 is 34.8 Å². The number of fused-ring (bicyclic) bond motifs is 1. The fraction of sp³-hybridized carbons (Fsp3) is 0.200. The topological polar surface area (TPSA) is 115 Å². The number of nitrogens with zero attached hydrogens (tertiary/aromatic N) is 3. The number of rotatable bonds is 10. The van der Waals surface area contributed by atoms with E-state index >= 15 is 0 Å². The predicted molar refractivity (Wildman–Crippen MR) is 132 cm³/mol. The Labute approximate surface area is 202 Å². The molecule has 0 fully saturated rings. The normalized spacial score (nSPS) is 12.2. The van der Waals surface area contributed by atoms with Crippen molar-refractivity contribution in [3.8, 4) is 17.4 Å². The molecule has 3 aromatic rings. The molecule has 0 saturated heterocycles. The van der Waals surface area contributed by atoms with E-state index in [4.69, 9.17) is 14.2 Å². The molecule has 1 aliphatic heterocycles. The second-order valence-electron chi connectivity index (χ2n) is 7.57. The lowest BCUT2D eigenvalue weighted by Crippen LogP contribution is -2.30. The van der Waals surface area contributed by atoms with Crippen molar-refractivity contribution in [2.75, 3.05) is 42.9 Å². The van der Waals surface area contributed by atoms with Gasteiger partial charge in [0.25, 0.3) is 5.88 Å². The summed E-state index contributed by atoms with van der Waals surface area (Å²) in [4.78, 5) is 34.4. The molecule has 0 aliphatic carbocycles. The number of ether oxygens (including phenoxy) is 3. The molecule has 10 nitrogen and oxygen atoms in total. The summed E-state index contributed by atoms with van der Waals surface area (Å²) in [6.45, 7) is 4.42. The van der Waals surface area contributed by atoms with Crippen molar-refractivity contribution in [1.29, 1.82) is 0 Å². The van der Waals surface area contributed by atoms with Crippen molar-refractivity contribution in [3.05, 3.63) is 66.9 Å². The Bertz CT molecular complexity index is 1260. The van der Waals surface area contributed by atoms with Gasteiger partial charge in [0.15, 0.2) is 5.75 Å². The summed E-state index contributed by atoms with van der Waals surface area (Å²) in [6.07, 6.45) is 3.01. The van der Waals surface area contributed by atoms with Crippen molar-refractivity contribution in [3.63, 3.8) is 0 Å². The van der Waals surface area contributed by atoms with Gasteiger partial charge in [-0.1, -0.05) is 12.6 Å². The highest BCUT2D eigenvalue weighted by molar-refractivity contribution is 6.02. The minimum absolute atomic E-state index is 0.0390. The summed E-state index contributed by atoms with van der Waals surface area (Å²) in [5.41, 5.74) is 3.07. The Morgan fingerprint density at radius 1 is 1.20 bits per heavy atom. The molecule has 0 atom stereocenters. The van der Waals surface area contributed by atoms with Crippen LogP contribution in [0.5, 0.6) is 17.4 Å². The van der Waals surface area contributed by atoms with Crippen molar-refractivity contribution in [2.24, 2.45) is 0 Å². The monoisotopic (exact) mass is 475 g/mol. The molecule has 10 heteroatoms. The number of hydrogen-bond acceptors (Lipinski definition) is 8. The Morgan fingerprint density at radius 3 is 2.83 bits per heavy atom. The van der Waals surface area contributed by atoms with Gasteiger partial charge >= 0.3 is 0 Å². The van der Waals surface area contributed by atoms with Gasteiger partial charge in [0.1, 0.15) is 5.75 Å². The molecule has 0 bridgehead atoms. The Morgan fingerprint density at radius 2 is 2.06 bits per heavy atom. The fourth-order valence-electron chi connectivity index (χ4n) is 3.59. The number of carbonyl (C=O) groups is 2. The predicted octanol–water partition coefficient (Wildman–Crippen LogP) is 3.68. The third-order valence-electron chi connectivity index (χ3n) is 5.23. The van der Waals surface area contributed by atoms with Gasteiger partial charge < -0.3 is 29.7 Å². The molecular formula is C25H25N5O5. The first-order valence-electron chi connectivity index (χ1n) is 10.8. The van der Waals surface area contributed by atoms with Crippen LogP contribution in [0.15, 0.2) is 61.3 Å². The minimum atomic E-state index is -0.328. The molecular weight excluding hydrogens is 450 g/mol. The maximum atomic E-state index is 12.4. The number of nitrogens with one attached hydrogen (secondary N) is 2. The molecule has 1 aliphatic rings. The molecule has 1 aromatic heterocycles. The highest BCUT2D eigenvalue weighted by atomic mass is 16.5. The van der Waals surface area contributed by atoms with Gasteiger partial charge in [-0.3, -0.25) is 9.59 Å². The Kier molecular flexibility index (Phi) is 7.22. The summed E-state index contributed by atoms with van der Waals surface area (Å²) >= 11 is 0. The smallest absolute Gasteiger partial charge is 0.267 e. The van der Waals surface area contributed by atoms with Crippen molar-refractivity contribution in [1.82, 2.24) is 9.97 Å². The van der Waals surface area contributed by atoms with Crippen LogP contribution in [0.3, 0.4) is 0 Å². The number of anilines is 4. The number of aromatic nitrogens is 2. The maximum Gasteiger partial charge on any atom is 0.267 e. The van der Waals surface area contributed by atoms with E-state index in [9.17, 15) is 9.59 Å². The number of carbonyl (C=O) groups excluding carboxylic acids is 2. The van der Waals surface area contributed by atoms with Crippen molar-refractivity contribution in [2.45, 2.75) is 6.42 Å². The second-order valence-corrected chi connectivity index (χ2v) is 7.57. The lowest BCUT2D eigenvalue weighted by Gasteiger charge is -2.17. The van der Waals surface area contributed by atoms with Gasteiger partial charge in [-0.05, 0) is 42.0 Å². The summed E-state index contributed by atoms with van der Waals surface area (Å²) in [5, 5.41) is 5.83. The maximum absolute atomic E-state index is 12.4. The molecule has 2 amide bonds. The lowest BCUT2D eigenvalue weighted by molar-refractivity contribution is -0.117. The van der Waals surface area contributed by atoms with Crippen LogP contribution in [0.1, 0.15) is 5.56 Å². The third-order valence-corrected chi connectivity index (χ3v) is 5.23. The van der Waals surface area contributed by atoms with Gasteiger partial charge in [-0.25, -0.2) is 4.98 Å². The van der Waals surface area contributed by atoms with E-state index in [0.717, 1.165) is 16.9 Å². The first kappa shape index (κ1) is 23.7. The molecule has 2 aromatic carbocycles. The summed E-state index contributed by atoms with van der Waals surface area (Å²) in [6, 6.07) is 12.5. The second kappa shape index (κ2) is 10.7. The first-order chi connectivity index (χ1) is 17.0. The zero-order valence-electron chi connectivity index (χ0n) is 19.4. The average molecular weight is 476 g/mol. The van der Waals surface area contributed by atoms with E-state index in [1.165, 1.54) is 19.4 Å². The van der Waals surface area contributed by atoms with E-state index in [2.05, 4.69) is 27.2 Å². The molecule has 0 unspecified atom stereocenters. The highest BCUT2D eigenvalue weighted by Crippen LogP contribution is 2.34. The highest BCUT2D eigenvalue weighted by Gasteiger charge is 2.27. The Hall–Kier alpha value is -4.44. The molecule has 0 saturated carbocycles. The van der Waals surface area contributed by atoms with Gasteiger partial charge in [-0.2, -0.15) is 4.98 Å². The van der Waals surface area contributed by atoms with E-state index in [1.807, 2.05) is 18.2 Å². The first-order valence-corrected chi connectivity index (χ1v) is 10.8. The molecule has 180 valence electrons. The fourth-order valence-corrected chi connectivity index (χ4v) is 3.59. The van der Waals surface area contributed by atoms with E-state index < -0.39 is 0 Å². The van der Waals surface area contributed by atoms with Crippen LogP contribution < -0.4 is 25.0 Å². The number of methoxy groups -OCH3 is 2. The van der Waals surface area contributed by atoms with Crippen LogP contribution in [0, 0.1) is 0 Å². The van der Waals surface area contributed by atoms with Crippen LogP contribution in [-0.4, -0.2) is 49.2 Å². The Balaban J connectivity index is 1.52. The number of amides is 2. The third kappa shape index (κ3) is 5.56. The molecule has 2 heterocycles. The quantitative estimate of drug-likeness (QED) is 0.427. The van der Waals surface area contributed by atoms with E-state index in [0.29, 0.717) is 36.8 Å². The van der Waals surface area contributed by atoms with Gasteiger partial charge in [0, 0.05) is 36.8 Å². The van der Waals surface area contributed by atoms with Crippen LogP contribution in [0.2, 0.25) is 0 Å². The zero-order valence-corrected chi connectivity index (χ0v) is 19.4. The molecule has 0 spiro atoms. The molecule has 2 N–H and O–H groups in total. The van der Waals surface area contributed by atoms with E-state index in [-0.39, 0.29) is 23.6 Å². The standard InChI is InChI=1S/C25H25N5O5/c1-4-22(31)27-17-6-5-7-19(14-17)35-24-21(34-3)15-26-25(29-24)28-18-8-9-20-16(12-18)13-23(32)30(20)10-11-33-2/h4-9,12,14-15H,1,10-11,13H2,2-3H3,(H,27,31)(H,26,28,29). The zero-order chi connectivity index (χ0) is 24.8. The molecule has 4 rings (SSSR count). The minimum Gasteiger partial charge on any atom is -0.490 e. The SMILES string of the molecule is C=CC(=O)Nc1cccc(Oc2nc(Nc3ccc4c(c3)CC(=O)N4CCOC)ncc2OC)c1. The number of hydrogen-bond donors (Lipinski definition) is 2. The van der Waals surface area contributed by atoms with Gasteiger partial charge in [-0.15, -0.1) is 0 Å². The lowest BCUT2D eigenvalue weighted by atomic mass is 10.1. The number of benzene rings is 2. The van der Waals surface area contributed by atoms with Gasteiger partial charge in [0.05, 0.1) is 26.3 Å². The largest absolute Gasteiger partial charge is 0.490 e. The molecule has 0 radical (unpaired) electrons. The van der Waals surface area contributed by atoms with E-state index in [1.54, 1.807) is 36.3 Å². The summed E-state index contributed by atoms with van der Waals surface area (Å²) in [7, 11) is 3.10.